The van der Waals surface area contributed by atoms with E-state index < -0.39 is 0 Å². The predicted molar refractivity (Wildman–Crippen MR) is 128 cm³/mol. The first-order chi connectivity index (χ1) is 13.3. The van der Waals surface area contributed by atoms with Crippen molar-refractivity contribution in [1.82, 2.24) is 0 Å². The summed E-state index contributed by atoms with van der Waals surface area (Å²) in [7, 11) is 0. The first-order valence-electron chi connectivity index (χ1n) is 13.0. The summed E-state index contributed by atoms with van der Waals surface area (Å²) in [5.41, 5.74) is 0. The molecule has 28 heavy (non-hydrogen) atoms. The van der Waals surface area contributed by atoms with Crippen LogP contribution in [0.3, 0.4) is 0 Å². The highest BCUT2D eigenvalue weighted by atomic mass is 16.2. The third-order valence-electron chi connectivity index (χ3n) is 6.76. The van der Waals surface area contributed by atoms with Crippen molar-refractivity contribution >= 4 is 0 Å². The van der Waals surface area contributed by atoms with Crippen LogP contribution in [0.1, 0.15) is 138 Å². The van der Waals surface area contributed by atoms with Crippen molar-refractivity contribution in [2.75, 3.05) is 6.61 Å². The molecule has 0 bridgehead atoms. The Hall–Kier alpha value is -0.0400. The van der Waals surface area contributed by atoms with E-state index in [1.54, 1.807) is 0 Å². The van der Waals surface area contributed by atoms with Gasteiger partial charge in [0.2, 0.25) is 0 Å². The van der Waals surface area contributed by atoms with Crippen LogP contribution in [0.15, 0.2) is 0 Å². The van der Waals surface area contributed by atoms with Crippen molar-refractivity contribution in [2.24, 2.45) is 29.6 Å². The van der Waals surface area contributed by atoms with Gasteiger partial charge in [-0.05, 0) is 42.4 Å². The first kappa shape index (κ1) is 28.0. The molecule has 170 valence electrons. The summed E-state index contributed by atoms with van der Waals surface area (Å²) in [4.78, 5) is 0. The highest BCUT2D eigenvalue weighted by molar-refractivity contribution is 4.61. The van der Waals surface area contributed by atoms with Crippen LogP contribution >= 0.6 is 0 Å². The van der Waals surface area contributed by atoms with Crippen LogP contribution in [-0.4, -0.2) is 11.7 Å². The fourth-order valence-electron chi connectivity index (χ4n) is 4.51. The van der Waals surface area contributed by atoms with Crippen molar-refractivity contribution in [3.63, 3.8) is 0 Å². The molecule has 0 fully saturated rings. The number of hydrogen-bond acceptors (Lipinski definition) is 1. The molecule has 0 saturated carbocycles. The van der Waals surface area contributed by atoms with Crippen molar-refractivity contribution in [3.8, 4) is 0 Å². The van der Waals surface area contributed by atoms with E-state index in [9.17, 15) is 0 Å². The average Bonchev–Trinajstić information content (AvgIpc) is 2.63. The molecule has 0 aromatic rings. The van der Waals surface area contributed by atoms with Crippen LogP contribution in [0, 0.1) is 29.6 Å². The van der Waals surface area contributed by atoms with Gasteiger partial charge in [0.25, 0.3) is 0 Å². The van der Waals surface area contributed by atoms with Crippen LogP contribution < -0.4 is 0 Å². The molecule has 0 spiro atoms. The van der Waals surface area contributed by atoms with E-state index in [2.05, 4.69) is 41.5 Å². The fourth-order valence-corrected chi connectivity index (χ4v) is 4.51. The molecule has 0 saturated heterocycles. The van der Waals surface area contributed by atoms with E-state index in [0.29, 0.717) is 6.61 Å². The van der Waals surface area contributed by atoms with Crippen molar-refractivity contribution in [2.45, 2.75) is 138 Å². The minimum absolute atomic E-state index is 0.358. The Morgan fingerprint density at radius 3 is 1.00 bits per heavy atom. The standard InChI is InChI=1S/C27H56O/c1-23(2)13-9-16-26(5)19-10-17-24(3)14-7-8-15-25(4)18-11-20-27(6)21-12-22-28/h23-28H,7-22H2,1-6H3. The summed E-state index contributed by atoms with van der Waals surface area (Å²) in [6.45, 7) is 14.8. The smallest absolute Gasteiger partial charge is 0.0431 e. The lowest BCUT2D eigenvalue weighted by Gasteiger charge is -2.16. The number of aliphatic hydroxyl groups excluding tert-OH is 1. The summed E-state index contributed by atoms with van der Waals surface area (Å²) in [5.74, 6) is 4.41. The number of hydrogen-bond donors (Lipinski definition) is 1. The minimum atomic E-state index is 0.358. The molecule has 4 atom stereocenters. The molecule has 0 aliphatic heterocycles. The van der Waals surface area contributed by atoms with Gasteiger partial charge in [0.15, 0.2) is 0 Å². The van der Waals surface area contributed by atoms with Crippen LogP contribution in [0.2, 0.25) is 0 Å². The molecule has 0 aromatic carbocycles. The predicted octanol–water partition coefficient (Wildman–Crippen LogP) is 9.03. The molecule has 1 N–H and O–H groups in total. The summed E-state index contributed by atoms with van der Waals surface area (Å²) in [6, 6.07) is 0. The maximum absolute atomic E-state index is 8.91. The lowest BCUT2D eigenvalue weighted by molar-refractivity contribution is 0.269. The van der Waals surface area contributed by atoms with Gasteiger partial charge in [0, 0.05) is 6.61 Å². The second kappa shape index (κ2) is 19.0. The molecule has 1 nitrogen and oxygen atoms in total. The topological polar surface area (TPSA) is 20.2 Å². The Labute approximate surface area is 179 Å². The largest absolute Gasteiger partial charge is 0.396 e. The van der Waals surface area contributed by atoms with E-state index in [4.69, 9.17) is 5.11 Å². The van der Waals surface area contributed by atoms with Crippen LogP contribution in [0.5, 0.6) is 0 Å². The van der Waals surface area contributed by atoms with E-state index in [1.165, 1.54) is 89.9 Å². The Bertz CT molecular complexity index is 311. The molecule has 0 rings (SSSR count). The molecule has 4 unspecified atom stereocenters. The zero-order valence-corrected chi connectivity index (χ0v) is 20.6. The molecule has 1 heteroatoms. The molecular weight excluding hydrogens is 340 g/mol. The van der Waals surface area contributed by atoms with Gasteiger partial charge >= 0.3 is 0 Å². The third-order valence-corrected chi connectivity index (χ3v) is 6.76. The van der Waals surface area contributed by atoms with Gasteiger partial charge in [-0.2, -0.15) is 0 Å². The molecular formula is C27H56O. The monoisotopic (exact) mass is 396 g/mol. The molecule has 0 aliphatic rings. The average molecular weight is 397 g/mol. The molecule has 0 radical (unpaired) electrons. The lowest BCUT2D eigenvalue weighted by Crippen LogP contribution is -2.01. The maximum Gasteiger partial charge on any atom is 0.0431 e. The second-order valence-corrected chi connectivity index (χ2v) is 10.8. The molecule has 0 aliphatic carbocycles. The quantitative estimate of drug-likeness (QED) is 0.203. The SMILES string of the molecule is CC(C)CCCC(C)CCCC(C)CCCCC(C)CCCC(C)CCCO. The summed E-state index contributed by atoms with van der Waals surface area (Å²) in [5, 5.41) is 8.91. The summed E-state index contributed by atoms with van der Waals surface area (Å²) < 4.78 is 0. The highest BCUT2D eigenvalue weighted by Gasteiger charge is 2.08. The Balaban J connectivity index is 3.51. The fraction of sp³-hybridized carbons (Fsp3) is 1.00. The molecule has 0 heterocycles. The van der Waals surface area contributed by atoms with Crippen molar-refractivity contribution in [3.05, 3.63) is 0 Å². The van der Waals surface area contributed by atoms with Gasteiger partial charge in [-0.15, -0.1) is 0 Å². The lowest BCUT2D eigenvalue weighted by atomic mass is 9.90. The molecule has 0 amide bonds. The zero-order chi connectivity index (χ0) is 21.2. The first-order valence-corrected chi connectivity index (χ1v) is 13.0. The van der Waals surface area contributed by atoms with Crippen molar-refractivity contribution in [1.29, 1.82) is 0 Å². The number of aliphatic hydroxyl groups is 1. The van der Waals surface area contributed by atoms with E-state index in [1.807, 2.05) is 0 Å². The minimum Gasteiger partial charge on any atom is -0.396 e. The van der Waals surface area contributed by atoms with Gasteiger partial charge in [-0.3, -0.25) is 0 Å². The van der Waals surface area contributed by atoms with Gasteiger partial charge in [-0.25, -0.2) is 0 Å². The summed E-state index contributed by atoms with van der Waals surface area (Å²) in [6.07, 6.45) is 20.6. The van der Waals surface area contributed by atoms with E-state index in [0.717, 1.165) is 36.0 Å². The summed E-state index contributed by atoms with van der Waals surface area (Å²) >= 11 is 0. The highest BCUT2D eigenvalue weighted by Crippen LogP contribution is 2.23. The van der Waals surface area contributed by atoms with Crippen LogP contribution in [-0.2, 0) is 0 Å². The van der Waals surface area contributed by atoms with Gasteiger partial charge < -0.3 is 5.11 Å². The van der Waals surface area contributed by atoms with Crippen LogP contribution in [0.4, 0.5) is 0 Å². The van der Waals surface area contributed by atoms with Gasteiger partial charge in [0.05, 0.1) is 0 Å². The Morgan fingerprint density at radius 1 is 0.393 bits per heavy atom. The van der Waals surface area contributed by atoms with Gasteiger partial charge in [0.1, 0.15) is 0 Å². The number of unbranched alkanes of at least 4 members (excludes halogenated alkanes) is 1. The van der Waals surface area contributed by atoms with Crippen molar-refractivity contribution < 1.29 is 5.11 Å². The van der Waals surface area contributed by atoms with Crippen LogP contribution in [0.25, 0.3) is 0 Å². The Morgan fingerprint density at radius 2 is 0.679 bits per heavy atom. The number of rotatable bonds is 20. The maximum atomic E-state index is 8.91. The van der Waals surface area contributed by atoms with E-state index >= 15 is 0 Å². The van der Waals surface area contributed by atoms with Gasteiger partial charge in [-0.1, -0.05) is 125 Å². The zero-order valence-electron chi connectivity index (χ0n) is 20.6. The second-order valence-electron chi connectivity index (χ2n) is 10.8. The molecule has 0 aromatic heterocycles. The Kier molecular flexibility index (Phi) is 18.9. The normalized spacial score (nSPS) is 16.3. The third kappa shape index (κ3) is 19.3. The van der Waals surface area contributed by atoms with E-state index in [-0.39, 0.29) is 0 Å².